The summed E-state index contributed by atoms with van der Waals surface area (Å²) in [5, 5.41) is 10.6. The molecule has 0 saturated carbocycles. The lowest BCUT2D eigenvalue weighted by atomic mass is 9.94. The molecule has 0 spiro atoms. The highest BCUT2D eigenvalue weighted by Crippen LogP contribution is 2.43. The molecule has 0 fully saturated rings. The van der Waals surface area contributed by atoms with E-state index in [1.165, 1.54) is 19.1 Å². The summed E-state index contributed by atoms with van der Waals surface area (Å²) in [7, 11) is 3.06. The number of methoxy groups -OCH3 is 2. The van der Waals surface area contributed by atoms with Crippen molar-refractivity contribution in [3.63, 3.8) is 0 Å². The predicted octanol–water partition coefficient (Wildman–Crippen LogP) is 4.71. The van der Waals surface area contributed by atoms with Crippen molar-refractivity contribution in [1.29, 1.82) is 0 Å². The minimum absolute atomic E-state index is 0.0997. The number of nitrogens with zero attached hydrogens (tertiary/aromatic N) is 1. The minimum atomic E-state index is -0.755. The zero-order valence-electron chi connectivity index (χ0n) is 17.9. The summed E-state index contributed by atoms with van der Waals surface area (Å²) in [4.78, 5) is 27.2. The molecular formula is C24H27NO5. The van der Waals surface area contributed by atoms with E-state index in [1.54, 1.807) is 25.1 Å². The van der Waals surface area contributed by atoms with Crippen LogP contribution in [0.5, 0.6) is 11.5 Å². The molecule has 0 aromatic heterocycles. The molecule has 30 heavy (non-hydrogen) atoms. The lowest BCUT2D eigenvalue weighted by Crippen LogP contribution is -2.31. The largest absolute Gasteiger partial charge is 0.503 e. The average molecular weight is 409 g/mol. The van der Waals surface area contributed by atoms with Gasteiger partial charge in [-0.25, -0.2) is 0 Å². The summed E-state index contributed by atoms with van der Waals surface area (Å²) in [6.07, 6.45) is 0.177. The van der Waals surface area contributed by atoms with E-state index >= 15 is 0 Å². The number of hydrogen-bond acceptors (Lipinski definition) is 5. The third-order valence-electron chi connectivity index (χ3n) is 5.39. The van der Waals surface area contributed by atoms with Gasteiger partial charge in [-0.05, 0) is 41.3 Å². The lowest BCUT2D eigenvalue weighted by Gasteiger charge is -2.27. The van der Waals surface area contributed by atoms with E-state index in [0.29, 0.717) is 28.7 Å². The van der Waals surface area contributed by atoms with Gasteiger partial charge in [0, 0.05) is 12.1 Å². The van der Waals surface area contributed by atoms with Gasteiger partial charge in [-0.3, -0.25) is 14.5 Å². The third kappa shape index (κ3) is 3.65. The van der Waals surface area contributed by atoms with Crippen molar-refractivity contribution in [3.8, 4) is 11.5 Å². The average Bonchev–Trinajstić information content (AvgIpc) is 3.03. The Morgan fingerprint density at radius 2 is 1.70 bits per heavy atom. The van der Waals surface area contributed by atoms with Crippen LogP contribution in [-0.2, 0) is 9.59 Å². The van der Waals surface area contributed by atoms with E-state index in [0.717, 1.165) is 5.56 Å². The topological polar surface area (TPSA) is 76.1 Å². The molecule has 6 nitrogen and oxygen atoms in total. The van der Waals surface area contributed by atoms with Crippen molar-refractivity contribution in [2.45, 2.75) is 39.2 Å². The Labute approximate surface area is 176 Å². The van der Waals surface area contributed by atoms with Gasteiger partial charge in [-0.2, -0.15) is 0 Å². The Balaban J connectivity index is 2.16. The number of anilines is 1. The fourth-order valence-corrected chi connectivity index (χ4v) is 3.70. The molecule has 3 rings (SSSR count). The molecule has 0 radical (unpaired) electrons. The molecule has 1 unspecified atom stereocenters. The minimum Gasteiger partial charge on any atom is -0.503 e. The molecule has 2 aromatic rings. The van der Waals surface area contributed by atoms with Gasteiger partial charge in [-0.1, -0.05) is 39.0 Å². The van der Waals surface area contributed by atoms with Crippen LogP contribution in [0.4, 0.5) is 5.69 Å². The zero-order chi connectivity index (χ0) is 22.0. The third-order valence-corrected chi connectivity index (χ3v) is 5.39. The summed E-state index contributed by atoms with van der Waals surface area (Å²) in [5.41, 5.74) is 2.49. The number of aliphatic hydroxyl groups is 1. The van der Waals surface area contributed by atoms with Crippen molar-refractivity contribution >= 4 is 17.4 Å². The van der Waals surface area contributed by atoms with Gasteiger partial charge in [-0.15, -0.1) is 0 Å². The molecular weight excluding hydrogens is 382 g/mol. The number of hydrogen-bond donors (Lipinski definition) is 1. The maximum absolute atomic E-state index is 13.0. The first-order valence-electron chi connectivity index (χ1n) is 9.95. The number of aliphatic hydroxyl groups excluding tert-OH is 1. The van der Waals surface area contributed by atoms with Crippen LogP contribution in [0.3, 0.4) is 0 Å². The van der Waals surface area contributed by atoms with Crippen molar-refractivity contribution in [2.75, 3.05) is 19.1 Å². The highest BCUT2D eigenvalue weighted by atomic mass is 16.5. The second kappa shape index (κ2) is 8.61. The van der Waals surface area contributed by atoms with Crippen molar-refractivity contribution in [1.82, 2.24) is 0 Å². The number of benzene rings is 2. The highest BCUT2D eigenvalue weighted by Gasteiger charge is 2.44. The Hall–Kier alpha value is -3.28. The molecule has 6 heteroatoms. The van der Waals surface area contributed by atoms with Gasteiger partial charge in [0.05, 0.1) is 25.8 Å². The van der Waals surface area contributed by atoms with Crippen LogP contribution in [0, 0.1) is 0 Å². The maximum atomic E-state index is 13.0. The predicted molar refractivity (Wildman–Crippen MR) is 115 cm³/mol. The highest BCUT2D eigenvalue weighted by molar-refractivity contribution is 6.16. The Bertz CT molecular complexity index is 991. The van der Waals surface area contributed by atoms with Crippen molar-refractivity contribution < 1.29 is 24.2 Å². The molecule has 0 aliphatic carbocycles. The standard InChI is InChI=1S/C24H27NO5/c1-6-18(26)21-22(16-9-12-19(29-4)20(13-16)30-5)25(24(28)23(21)27)17-10-7-15(8-11-17)14(2)3/h7-14,22,27H,6H2,1-5H3. The van der Waals surface area contributed by atoms with Crippen LogP contribution in [0.2, 0.25) is 0 Å². The SMILES string of the molecule is CCC(=O)C1=C(O)C(=O)N(c2ccc(C(C)C)cc2)C1c1ccc(OC)c(OC)c1. The Morgan fingerprint density at radius 3 is 2.23 bits per heavy atom. The first-order chi connectivity index (χ1) is 14.3. The van der Waals surface area contributed by atoms with E-state index in [1.807, 2.05) is 24.3 Å². The zero-order valence-corrected chi connectivity index (χ0v) is 17.9. The van der Waals surface area contributed by atoms with Crippen LogP contribution in [0.25, 0.3) is 0 Å². The molecule has 0 bridgehead atoms. The number of ketones is 1. The van der Waals surface area contributed by atoms with Crippen molar-refractivity contribution in [2.24, 2.45) is 0 Å². The fraction of sp³-hybridized carbons (Fsp3) is 0.333. The number of ether oxygens (including phenoxy) is 2. The molecule has 1 N–H and O–H groups in total. The van der Waals surface area contributed by atoms with E-state index in [4.69, 9.17) is 9.47 Å². The van der Waals surface area contributed by atoms with Crippen LogP contribution < -0.4 is 14.4 Å². The summed E-state index contributed by atoms with van der Waals surface area (Å²) in [6.45, 7) is 5.89. The summed E-state index contributed by atoms with van der Waals surface area (Å²) < 4.78 is 10.7. The monoisotopic (exact) mass is 409 g/mol. The first-order valence-corrected chi connectivity index (χ1v) is 9.95. The normalized spacial score (nSPS) is 16.4. The number of amides is 1. The van der Waals surface area contributed by atoms with Crippen LogP contribution in [0.15, 0.2) is 53.8 Å². The number of Topliss-reactive ketones (excluding diaryl/α,β-unsaturated/α-hetero) is 1. The van der Waals surface area contributed by atoms with Crippen molar-refractivity contribution in [3.05, 3.63) is 64.9 Å². The van der Waals surface area contributed by atoms with E-state index < -0.39 is 17.7 Å². The molecule has 158 valence electrons. The molecule has 2 aromatic carbocycles. The molecule has 1 aliphatic rings. The molecule has 0 saturated heterocycles. The quantitative estimate of drug-likeness (QED) is 0.717. The van der Waals surface area contributed by atoms with Crippen LogP contribution in [-0.4, -0.2) is 31.0 Å². The summed E-state index contributed by atoms with van der Waals surface area (Å²) in [5.74, 6) is -0.0126. The molecule has 1 atom stereocenters. The second-order valence-corrected chi connectivity index (χ2v) is 7.48. The summed E-state index contributed by atoms with van der Waals surface area (Å²) in [6, 6.07) is 12.1. The van der Waals surface area contributed by atoms with Gasteiger partial charge >= 0.3 is 0 Å². The number of carbonyl (C=O) groups excluding carboxylic acids is 2. The van der Waals surface area contributed by atoms with E-state index in [-0.39, 0.29) is 17.8 Å². The fourth-order valence-electron chi connectivity index (χ4n) is 3.70. The second-order valence-electron chi connectivity index (χ2n) is 7.48. The molecule has 1 aliphatic heterocycles. The van der Waals surface area contributed by atoms with E-state index in [9.17, 15) is 14.7 Å². The Morgan fingerprint density at radius 1 is 1.07 bits per heavy atom. The first kappa shape index (κ1) is 21.4. The van der Waals surface area contributed by atoms with Gasteiger partial charge in [0.1, 0.15) is 0 Å². The maximum Gasteiger partial charge on any atom is 0.294 e. The van der Waals surface area contributed by atoms with Crippen LogP contribution in [0.1, 0.15) is 50.3 Å². The van der Waals surface area contributed by atoms with Gasteiger partial charge in [0.15, 0.2) is 23.0 Å². The lowest BCUT2D eigenvalue weighted by molar-refractivity contribution is -0.118. The van der Waals surface area contributed by atoms with E-state index in [2.05, 4.69) is 13.8 Å². The molecule has 1 amide bonds. The van der Waals surface area contributed by atoms with Crippen LogP contribution >= 0.6 is 0 Å². The number of rotatable bonds is 7. The summed E-state index contributed by atoms with van der Waals surface area (Å²) >= 11 is 0. The van der Waals surface area contributed by atoms with Gasteiger partial charge < -0.3 is 14.6 Å². The van der Waals surface area contributed by atoms with Gasteiger partial charge in [0.2, 0.25) is 0 Å². The van der Waals surface area contributed by atoms with Gasteiger partial charge in [0.25, 0.3) is 5.91 Å². The number of carbonyl (C=O) groups is 2. The Kier molecular flexibility index (Phi) is 6.15. The molecule has 1 heterocycles. The smallest absolute Gasteiger partial charge is 0.294 e.